The molecule has 0 unspecified atom stereocenters. The van der Waals surface area contributed by atoms with Crippen molar-refractivity contribution in [3.8, 4) is 17.0 Å². The predicted molar refractivity (Wildman–Crippen MR) is 99.4 cm³/mol. The van der Waals surface area contributed by atoms with Crippen molar-refractivity contribution in [3.63, 3.8) is 0 Å². The predicted octanol–water partition coefficient (Wildman–Crippen LogP) is 1.66. The molecule has 0 fully saturated rings. The smallest absolute Gasteiger partial charge is 0.327 e. The number of rotatable bonds is 4. The number of hydrogen-bond acceptors (Lipinski definition) is 5. The standard InChI is InChI=1S/C19H15N5O3/c20-18-21-15(14-16(22-18)23-19(26)24-17(14)25)12-6-8-13(9-7-12)27-10-11-4-2-1-3-5-11/h1-9H,10H2,(H4,20,21,22,23,24,25,26). The van der Waals surface area contributed by atoms with Crippen LogP contribution in [0.5, 0.6) is 5.75 Å². The molecule has 4 N–H and O–H groups in total. The van der Waals surface area contributed by atoms with Crippen molar-refractivity contribution in [2.45, 2.75) is 6.61 Å². The van der Waals surface area contributed by atoms with Crippen LogP contribution in [0.4, 0.5) is 0 Å². The van der Waals surface area contributed by atoms with Crippen LogP contribution >= 0.6 is 0 Å². The molecule has 0 atom stereocenters. The highest BCUT2D eigenvalue weighted by molar-refractivity contribution is 5.88. The lowest BCUT2D eigenvalue weighted by Crippen LogP contribution is -2.26. The van der Waals surface area contributed by atoms with Gasteiger partial charge in [-0.15, -0.1) is 0 Å². The molecule has 0 aliphatic carbocycles. The Morgan fingerprint density at radius 1 is 0.926 bits per heavy atom. The molecule has 0 aliphatic rings. The van der Waals surface area contributed by atoms with Crippen LogP contribution in [0.15, 0.2) is 64.2 Å². The second-order valence-electron chi connectivity index (χ2n) is 5.89. The lowest BCUT2D eigenvalue weighted by Gasteiger charge is -2.08. The summed E-state index contributed by atoms with van der Waals surface area (Å²) in [5.41, 5.74) is 0.767. The highest BCUT2D eigenvalue weighted by Gasteiger charge is 2.12. The van der Waals surface area contributed by atoms with Gasteiger partial charge in [-0.05, 0) is 29.8 Å². The normalized spacial score (nSPS) is 10.8. The lowest BCUT2D eigenvalue weighted by molar-refractivity contribution is 0.306. The zero-order valence-corrected chi connectivity index (χ0v) is 14.1. The first-order valence-corrected chi connectivity index (χ1v) is 8.18. The van der Waals surface area contributed by atoms with Gasteiger partial charge in [-0.2, -0.15) is 0 Å². The van der Waals surface area contributed by atoms with E-state index in [1.807, 2.05) is 30.3 Å². The van der Waals surface area contributed by atoms with Crippen molar-refractivity contribution >= 4 is 11.0 Å². The number of fused-ring (bicyclic) bond motifs is 1. The maximum Gasteiger partial charge on any atom is 0.327 e. The average molecular weight is 361 g/mol. The third-order valence-corrected chi connectivity index (χ3v) is 4.02. The molecule has 0 aliphatic heterocycles. The zero-order chi connectivity index (χ0) is 18.8. The summed E-state index contributed by atoms with van der Waals surface area (Å²) in [7, 11) is 0. The summed E-state index contributed by atoms with van der Waals surface area (Å²) in [6.45, 7) is 0.444. The van der Waals surface area contributed by atoms with Crippen LogP contribution in [0.2, 0.25) is 0 Å². The zero-order valence-electron chi connectivity index (χ0n) is 14.1. The number of benzene rings is 2. The van der Waals surface area contributed by atoms with Gasteiger partial charge in [0.05, 0.1) is 5.69 Å². The Morgan fingerprint density at radius 2 is 1.67 bits per heavy atom. The van der Waals surface area contributed by atoms with Crippen LogP contribution in [0.25, 0.3) is 22.3 Å². The van der Waals surface area contributed by atoms with Gasteiger partial charge in [0.25, 0.3) is 5.56 Å². The van der Waals surface area contributed by atoms with Crippen molar-refractivity contribution < 1.29 is 4.74 Å². The molecule has 27 heavy (non-hydrogen) atoms. The summed E-state index contributed by atoms with van der Waals surface area (Å²) in [6.07, 6.45) is 0. The van der Waals surface area contributed by atoms with Crippen LogP contribution < -0.4 is 21.6 Å². The minimum Gasteiger partial charge on any atom is -0.489 e. The molecule has 0 saturated heterocycles. The monoisotopic (exact) mass is 361 g/mol. The van der Waals surface area contributed by atoms with Crippen molar-refractivity contribution in [1.82, 2.24) is 19.9 Å². The SMILES string of the molecule is N=c1nc(-c2ccc(OCc3ccccc3)cc2)c2c(=O)[nH]c(=O)[nH]c2[nH]1. The topological polar surface area (TPSA) is 127 Å². The molecule has 0 amide bonds. The molecule has 0 bridgehead atoms. The van der Waals surface area contributed by atoms with E-state index in [0.29, 0.717) is 23.6 Å². The van der Waals surface area contributed by atoms with Crippen molar-refractivity contribution in [3.05, 3.63) is 86.6 Å². The van der Waals surface area contributed by atoms with Crippen LogP contribution in [-0.2, 0) is 6.61 Å². The fourth-order valence-corrected chi connectivity index (χ4v) is 2.78. The lowest BCUT2D eigenvalue weighted by atomic mass is 10.1. The van der Waals surface area contributed by atoms with E-state index in [2.05, 4.69) is 19.9 Å². The molecule has 8 nitrogen and oxygen atoms in total. The summed E-state index contributed by atoms with van der Waals surface area (Å²) in [5.74, 6) is 0.669. The Bertz CT molecular complexity index is 1270. The first kappa shape index (κ1) is 16.5. The van der Waals surface area contributed by atoms with Crippen molar-refractivity contribution in [2.24, 2.45) is 0 Å². The molecule has 0 spiro atoms. The number of hydrogen-bond donors (Lipinski definition) is 4. The first-order chi connectivity index (χ1) is 13.1. The third-order valence-electron chi connectivity index (χ3n) is 4.02. The highest BCUT2D eigenvalue weighted by Crippen LogP contribution is 2.23. The number of nitrogens with one attached hydrogen (secondary N) is 4. The largest absolute Gasteiger partial charge is 0.489 e. The van der Waals surface area contributed by atoms with Gasteiger partial charge in [-0.25, -0.2) is 9.78 Å². The maximum absolute atomic E-state index is 12.2. The Kier molecular flexibility index (Phi) is 4.13. The molecule has 0 saturated carbocycles. The molecular formula is C19H15N5O3. The van der Waals surface area contributed by atoms with Gasteiger partial charge in [0.2, 0.25) is 5.62 Å². The summed E-state index contributed by atoms with van der Waals surface area (Å²) in [5, 5.41) is 7.97. The molecule has 2 aromatic heterocycles. The highest BCUT2D eigenvalue weighted by atomic mass is 16.5. The summed E-state index contributed by atoms with van der Waals surface area (Å²) >= 11 is 0. The van der Waals surface area contributed by atoms with E-state index >= 15 is 0 Å². The first-order valence-electron chi connectivity index (χ1n) is 8.18. The van der Waals surface area contributed by atoms with Crippen LogP contribution in [0, 0.1) is 5.41 Å². The molecule has 2 aromatic carbocycles. The van der Waals surface area contributed by atoms with Crippen molar-refractivity contribution in [1.29, 1.82) is 5.41 Å². The molecule has 4 rings (SSSR count). The quantitative estimate of drug-likeness (QED) is 0.441. The van der Waals surface area contributed by atoms with E-state index in [4.69, 9.17) is 10.1 Å². The molecule has 134 valence electrons. The van der Waals surface area contributed by atoms with Gasteiger partial charge in [0.15, 0.2) is 0 Å². The van der Waals surface area contributed by atoms with Crippen LogP contribution in [-0.4, -0.2) is 19.9 Å². The molecule has 4 aromatic rings. The minimum absolute atomic E-state index is 0.156. The number of ether oxygens (including phenoxy) is 1. The number of aromatic nitrogens is 4. The van der Waals surface area contributed by atoms with E-state index in [1.54, 1.807) is 24.3 Å². The van der Waals surface area contributed by atoms with Gasteiger partial charge < -0.3 is 9.72 Å². The molecular weight excluding hydrogens is 346 g/mol. The van der Waals surface area contributed by atoms with E-state index in [-0.39, 0.29) is 16.7 Å². The van der Waals surface area contributed by atoms with Gasteiger partial charge in [-0.1, -0.05) is 30.3 Å². The summed E-state index contributed by atoms with van der Waals surface area (Å²) in [6, 6.07) is 16.9. The van der Waals surface area contributed by atoms with E-state index < -0.39 is 11.2 Å². The second-order valence-corrected chi connectivity index (χ2v) is 5.89. The Morgan fingerprint density at radius 3 is 2.41 bits per heavy atom. The Labute approximate surface area is 152 Å². The minimum atomic E-state index is -0.648. The number of nitrogens with zero attached hydrogens (tertiary/aromatic N) is 1. The number of H-pyrrole nitrogens is 3. The summed E-state index contributed by atoms with van der Waals surface area (Å²) < 4.78 is 5.75. The fourth-order valence-electron chi connectivity index (χ4n) is 2.78. The Hall–Kier alpha value is -3.94. The van der Waals surface area contributed by atoms with Gasteiger partial charge in [0, 0.05) is 5.56 Å². The van der Waals surface area contributed by atoms with Crippen molar-refractivity contribution in [2.75, 3.05) is 0 Å². The third kappa shape index (κ3) is 3.40. The van der Waals surface area contributed by atoms with E-state index in [9.17, 15) is 9.59 Å². The summed E-state index contributed by atoms with van der Waals surface area (Å²) in [4.78, 5) is 35.0. The second kappa shape index (κ2) is 6.75. The van der Waals surface area contributed by atoms with E-state index in [1.165, 1.54) is 0 Å². The van der Waals surface area contributed by atoms with Gasteiger partial charge in [0.1, 0.15) is 23.4 Å². The molecule has 0 radical (unpaired) electrons. The fraction of sp³-hybridized carbons (Fsp3) is 0.0526. The molecule has 2 heterocycles. The van der Waals surface area contributed by atoms with E-state index in [0.717, 1.165) is 5.56 Å². The van der Waals surface area contributed by atoms with Gasteiger partial charge >= 0.3 is 5.69 Å². The van der Waals surface area contributed by atoms with Gasteiger partial charge in [-0.3, -0.25) is 20.2 Å². The number of aromatic amines is 3. The Balaban J connectivity index is 1.69. The molecule has 8 heteroatoms. The van der Waals surface area contributed by atoms with Crippen LogP contribution in [0.3, 0.4) is 0 Å². The average Bonchev–Trinajstić information content (AvgIpc) is 2.66. The maximum atomic E-state index is 12.2. The van der Waals surface area contributed by atoms with Crippen LogP contribution in [0.1, 0.15) is 5.56 Å².